The van der Waals surface area contributed by atoms with Crippen LogP contribution in [0.2, 0.25) is 0 Å². The van der Waals surface area contributed by atoms with Crippen LogP contribution in [0.5, 0.6) is 5.75 Å². The first-order valence-corrected chi connectivity index (χ1v) is 9.88. The van der Waals surface area contributed by atoms with Crippen molar-refractivity contribution in [1.82, 2.24) is 25.1 Å². The molecule has 2 saturated heterocycles. The number of halogens is 1. The highest BCUT2D eigenvalue weighted by Gasteiger charge is 2.41. The number of piperidine rings is 1. The fourth-order valence-corrected chi connectivity index (χ4v) is 4.37. The van der Waals surface area contributed by atoms with Crippen molar-refractivity contribution in [2.75, 3.05) is 5.32 Å². The van der Waals surface area contributed by atoms with Gasteiger partial charge in [-0.1, -0.05) is 6.07 Å². The zero-order chi connectivity index (χ0) is 20.0. The van der Waals surface area contributed by atoms with Crippen molar-refractivity contribution in [3.63, 3.8) is 0 Å². The number of aromatic hydroxyl groups is 1. The number of phenolic OH excluding ortho intramolecular Hbond substituents is 1. The van der Waals surface area contributed by atoms with Crippen LogP contribution in [-0.4, -0.2) is 49.2 Å². The van der Waals surface area contributed by atoms with Gasteiger partial charge >= 0.3 is 0 Å². The minimum Gasteiger partial charge on any atom is -0.507 e. The number of nitrogens with zero attached hydrogens (tertiary/aromatic N) is 4. The Morgan fingerprint density at radius 3 is 2.79 bits per heavy atom. The molecule has 0 spiro atoms. The highest BCUT2D eigenvalue weighted by Crippen LogP contribution is 2.33. The lowest BCUT2D eigenvalue weighted by molar-refractivity contribution is 0.190. The third kappa shape index (κ3) is 3.44. The Morgan fingerprint density at radius 2 is 2.07 bits per heavy atom. The molecule has 29 heavy (non-hydrogen) atoms. The molecule has 3 aromatic rings. The number of fused-ring (bicyclic) bond motifs is 2. The van der Waals surface area contributed by atoms with E-state index in [0.717, 1.165) is 30.4 Å². The molecule has 0 amide bonds. The SMILES string of the molecule is Cn1cc(-c2ccc(-c3cnc(N[C@H]4C[C@@H]5CC[C@@H](N5)[C@H]4F)cn3)c(O)c2)cn1. The van der Waals surface area contributed by atoms with E-state index in [4.69, 9.17) is 0 Å². The standard InChI is InChI=1S/C21H23FN6O/c1-28-11-13(8-25-28)12-2-4-15(19(29)6-12)18-9-24-20(10-23-18)27-17-7-14-3-5-16(26-14)21(17)22/h2,4,6,8-11,14,16-17,21,26,29H,3,5,7H2,1H3,(H,24,27)/t14-,16+,17-,21+/m0/s1. The molecule has 0 radical (unpaired) electrons. The van der Waals surface area contributed by atoms with Crippen molar-refractivity contribution >= 4 is 5.82 Å². The first-order valence-electron chi connectivity index (χ1n) is 9.88. The lowest BCUT2D eigenvalue weighted by atomic mass is 9.98. The number of nitrogens with one attached hydrogen (secondary N) is 2. The minimum absolute atomic E-state index is 0.0613. The summed E-state index contributed by atoms with van der Waals surface area (Å²) < 4.78 is 16.3. The highest BCUT2D eigenvalue weighted by atomic mass is 19.1. The first-order chi connectivity index (χ1) is 14.1. The number of alkyl halides is 1. The number of anilines is 1. The highest BCUT2D eigenvalue weighted by molar-refractivity contribution is 5.73. The van der Waals surface area contributed by atoms with Crippen molar-refractivity contribution in [2.24, 2.45) is 7.05 Å². The quantitative estimate of drug-likeness (QED) is 0.631. The van der Waals surface area contributed by atoms with Gasteiger partial charge in [0.1, 0.15) is 17.7 Å². The molecule has 0 aliphatic carbocycles. The summed E-state index contributed by atoms with van der Waals surface area (Å²) in [6, 6.07) is 5.50. The summed E-state index contributed by atoms with van der Waals surface area (Å²) in [5, 5.41) is 21.2. The zero-order valence-electron chi connectivity index (χ0n) is 16.1. The Hall–Kier alpha value is -3.00. The average Bonchev–Trinajstić information content (AvgIpc) is 3.33. The third-order valence-electron chi connectivity index (χ3n) is 5.88. The molecule has 4 atom stereocenters. The lowest BCUT2D eigenvalue weighted by Gasteiger charge is -2.33. The van der Waals surface area contributed by atoms with E-state index in [1.54, 1.807) is 29.3 Å². The maximum Gasteiger partial charge on any atom is 0.144 e. The fraction of sp³-hybridized carbons (Fsp3) is 0.381. The topological polar surface area (TPSA) is 87.9 Å². The maximum absolute atomic E-state index is 14.6. The van der Waals surface area contributed by atoms with Crippen molar-refractivity contribution in [2.45, 2.75) is 43.6 Å². The predicted octanol–water partition coefficient (Wildman–Crippen LogP) is 2.89. The van der Waals surface area contributed by atoms with Gasteiger partial charge in [-0.2, -0.15) is 5.10 Å². The number of benzene rings is 1. The van der Waals surface area contributed by atoms with Gasteiger partial charge in [-0.05, 0) is 37.0 Å². The summed E-state index contributed by atoms with van der Waals surface area (Å²) in [4.78, 5) is 8.81. The summed E-state index contributed by atoms with van der Waals surface area (Å²) in [6.45, 7) is 0. The number of rotatable bonds is 4. The van der Waals surface area contributed by atoms with Crippen LogP contribution < -0.4 is 10.6 Å². The molecule has 1 aromatic carbocycles. The number of hydrogen-bond donors (Lipinski definition) is 3. The zero-order valence-corrected chi connectivity index (χ0v) is 16.1. The van der Waals surface area contributed by atoms with E-state index in [1.807, 2.05) is 25.4 Å². The molecule has 8 heteroatoms. The molecule has 7 nitrogen and oxygen atoms in total. The van der Waals surface area contributed by atoms with Gasteiger partial charge in [0.15, 0.2) is 0 Å². The van der Waals surface area contributed by atoms with Crippen LogP contribution in [-0.2, 0) is 7.05 Å². The molecule has 3 N–H and O–H groups in total. The Kier molecular flexibility index (Phi) is 4.43. The van der Waals surface area contributed by atoms with Crippen molar-refractivity contribution < 1.29 is 9.50 Å². The number of aryl methyl sites for hydroxylation is 1. The Labute approximate surface area is 168 Å². The predicted molar refractivity (Wildman–Crippen MR) is 108 cm³/mol. The van der Waals surface area contributed by atoms with Gasteiger partial charge in [-0.25, -0.2) is 9.37 Å². The second kappa shape index (κ2) is 7.11. The summed E-state index contributed by atoms with van der Waals surface area (Å²) in [7, 11) is 1.85. The van der Waals surface area contributed by atoms with E-state index < -0.39 is 6.17 Å². The van der Waals surface area contributed by atoms with Gasteiger partial charge in [-0.3, -0.25) is 9.67 Å². The van der Waals surface area contributed by atoms with Crippen LogP contribution in [0.25, 0.3) is 22.4 Å². The average molecular weight is 394 g/mol. The first kappa shape index (κ1) is 18.1. The summed E-state index contributed by atoms with van der Waals surface area (Å²) >= 11 is 0. The third-order valence-corrected chi connectivity index (χ3v) is 5.88. The summed E-state index contributed by atoms with van der Waals surface area (Å²) in [6.07, 6.45) is 8.58. The molecule has 5 rings (SSSR count). The Balaban J connectivity index is 1.32. The van der Waals surface area contributed by atoms with Gasteiger partial charge in [0, 0.05) is 36.5 Å². The Bertz CT molecular complexity index is 1020. The molecule has 2 bridgehead atoms. The van der Waals surface area contributed by atoms with E-state index in [9.17, 15) is 9.50 Å². The number of phenols is 1. The molecule has 0 saturated carbocycles. The van der Waals surface area contributed by atoms with E-state index in [2.05, 4.69) is 25.7 Å². The monoisotopic (exact) mass is 394 g/mol. The van der Waals surface area contributed by atoms with Gasteiger partial charge in [0.2, 0.25) is 0 Å². The molecule has 150 valence electrons. The molecule has 2 fully saturated rings. The molecule has 2 aliphatic rings. The molecular weight excluding hydrogens is 371 g/mol. The van der Waals surface area contributed by atoms with Gasteiger partial charge in [0.05, 0.1) is 30.3 Å². The van der Waals surface area contributed by atoms with Crippen LogP contribution in [0, 0.1) is 0 Å². The largest absolute Gasteiger partial charge is 0.507 e. The molecule has 4 heterocycles. The normalized spacial score (nSPS) is 25.9. The van der Waals surface area contributed by atoms with E-state index in [0.29, 0.717) is 23.1 Å². The second-order valence-corrected chi connectivity index (χ2v) is 7.90. The van der Waals surface area contributed by atoms with E-state index in [1.165, 1.54) is 0 Å². The molecule has 2 aromatic heterocycles. The summed E-state index contributed by atoms with van der Waals surface area (Å²) in [5.41, 5.74) is 2.96. The van der Waals surface area contributed by atoms with Crippen molar-refractivity contribution in [1.29, 1.82) is 0 Å². The molecule has 2 aliphatic heterocycles. The van der Waals surface area contributed by atoms with Crippen molar-refractivity contribution in [3.8, 4) is 28.1 Å². The molecule has 0 unspecified atom stereocenters. The van der Waals surface area contributed by atoms with E-state index >= 15 is 0 Å². The van der Waals surface area contributed by atoms with E-state index in [-0.39, 0.29) is 17.8 Å². The van der Waals surface area contributed by atoms with Gasteiger partial charge < -0.3 is 15.7 Å². The van der Waals surface area contributed by atoms with Crippen LogP contribution in [0.1, 0.15) is 19.3 Å². The Morgan fingerprint density at radius 1 is 1.17 bits per heavy atom. The van der Waals surface area contributed by atoms with Crippen molar-refractivity contribution in [3.05, 3.63) is 43.0 Å². The van der Waals surface area contributed by atoms with Crippen LogP contribution in [0.15, 0.2) is 43.0 Å². The van der Waals surface area contributed by atoms with Crippen LogP contribution in [0.3, 0.4) is 0 Å². The minimum atomic E-state index is -0.931. The second-order valence-electron chi connectivity index (χ2n) is 7.90. The lowest BCUT2D eigenvalue weighted by Crippen LogP contribution is -2.52. The maximum atomic E-state index is 14.6. The fourth-order valence-electron chi connectivity index (χ4n) is 4.37. The van der Waals surface area contributed by atoms with Gasteiger partial charge in [0.25, 0.3) is 0 Å². The number of aromatic nitrogens is 4. The van der Waals surface area contributed by atoms with Gasteiger partial charge in [-0.15, -0.1) is 0 Å². The summed E-state index contributed by atoms with van der Waals surface area (Å²) in [5.74, 6) is 0.675. The van der Waals surface area contributed by atoms with Crippen LogP contribution in [0.4, 0.5) is 10.2 Å². The smallest absolute Gasteiger partial charge is 0.144 e. The van der Waals surface area contributed by atoms with Crippen LogP contribution >= 0.6 is 0 Å². The number of hydrogen-bond acceptors (Lipinski definition) is 6. The molecular formula is C21H23FN6O.